The molecule has 0 saturated carbocycles. The number of benzene rings is 2. The number of hydrogen-bond acceptors (Lipinski definition) is 8. The van der Waals surface area contributed by atoms with Crippen molar-refractivity contribution in [2.24, 2.45) is 0 Å². The molecule has 0 aliphatic heterocycles. The third-order valence-corrected chi connectivity index (χ3v) is 5.43. The van der Waals surface area contributed by atoms with Crippen LogP contribution in [0.5, 0.6) is 11.5 Å². The maximum atomic E-state index is 5.53. The van der Waals surface area contributed by atoms with Crippen LogP contribution in [0.4, 0.5) is 17.3 Å². The van der Waals surface area contributed by atoms with Crippen molar-refractivity contribution >= 4 is 40.2 Å². The van der Waals surface area contributed by atoms with Crippen LogP contribution in [0.25, 0.3) is 11.0 Å². The van der Waals surface area contributed by atoms with Gasteiger partial charge in [0.1, 0.15) is 17.3 Å². The van der Waals surface area contributed by atoms with Crippen molar-refractivity contribution in [2.75, 3.05) is 24.3 Å². The van der Waals surface area contributed by atoms with Crippen LogP contribution in [0.15, 0.2) is 45.9 Å². The molecule has 0 radical (unpaired) electrons. The van der Waals surface area contributed by atoms with E-state index in [0.29, 0.717) is 17.2 Å². The first-order valence-electron chi connectivity index (χ1n) is 8.91. The number of aromatic nitrogens is 3. The first kappa shape index (κ1) is 19.0. The Kier molecular flexibility index (Phi) is 5.22. The highest BCUT2D eigenvalue weighted by atomic mass is 32.2. The molecule has 150 valence electrons. The van der Waals surface area contributed by atoms with Gasteiger partial charge in [-0.2, -0.15) is 5.10 Å². The van der Waals surface area contributed by atoms with Gasteiger partial charge in [-0.25, -0.2) is 0 Å². The zero-order chi connectivity index (χ0) is 20.4. The van der Waals surface area contributed by atoms with E-state index < -0.39 is 0 Å². The summed E-state index contributed by atoms with van der Waals surface area (Å²) < 4.78 is 19.8. The molecular weight excluding hydrogens is 390 g/mol. The SMILES string of the molecule is COc1cc2c(NSc3cc(C)c(C)cc3OC)noc2cc1Nc1ccn[nH]1. The van der Waals surface area contributed by atoms with Crippen LogP contribution in [0.3, 0.4) is 0 Å². The van der Waals surface area contributed by atoms with E-state index in [-0.39, 0.29) is 0 Å². The maximum absolute atomic E-state index is 5.53. The molecule has 2 aromatic heterocycles. The number of aryl methyl sites for hydroxylation is 2. The number of H-pyrrole nitrogens is 1. The van der Waals surface area contributed by atoms with E-state index in [1.807, 2.05) is 24.3 Å². The molecule has 0 aliphatic carbocycles. The van der Waals surface area contributed by atoms with Gasteiger partial charge in [0.05, 0.1) is 36.4 Å². The summed E-state index contributed by atoms with van der Waals surface area (Å²) >= 11 is 1.42. The van der Waals surface area contributed by atoms with Crippen molar-refractivity contribution in [2.45, 2.75) is 18.7 Å². The van der Waals surface area contributed by atoms with E-state index in [1.54, 1.807) is 20.4 Å². The number of anilines is 3. The molecular formula is C20H21N5O3S. The number of hydrogen-bond donors (Lipinski definition) is 3. The molecule has 3 N–H and O–H groups in total. The minimum absolute atomic E-state index is 0.608. The quantitative estimate of drug-likeness (QED) is 0.364. The van der Waals surface area contributed by atoms with Gasteiger partial charge in [-0.3, -0.25) is 5.10 Å². The molecule has 29 heavy (non-hydrogen) atoms. The smallest absolute Gasteiger partial charge is 0.187 e. The Labute approximate surface area is 172 Å². The lowest BCUT2D eigenvalue weighted by atomic mass is 10.1. The third-order valence-electron chi connectivity index (χ3n) is 4.60. The number of fused-ring (bicyclic) bond motifs is 1. The Morgan fingerprint density at radius 2 is 1.83 bits per heavy atom. The topological polar surface area (TPSA) is 97.2 Å². The first-order valence-corrected chi connectivity index (χ1v) is 9.72. The van der Waals surface area contributed by atoms with Gasteiger partial charge in [0.15, 0.2) is 11.4 Å². The predicted octanol–water partition coefficient (Wildman–Crippen LogP) is 5.05. The van der Waals surface area contributed by atoms with Crippen LogP contribution in [0.2, 0.25) is 0 Å². The monoisotopic (exact) mass is 411 g/mol. The fraction of sp³-hybridized carbons (Fsp3) is 0.200. The molecule has 0 amide bonds. The van der Waals surface area contributed by atoms with Crippen LogP contribution in [-0.2, 0) is 0 Å². The highest BCUT2D eigenvalue weighted by Gasteiger charge is 2.15. The summed E-state index contributed by atoms with van der Waals surface area (Å²) in [5, 5.41) is 15.0. The number of ether oxygens (including phenoxy) is 2. The molecule has 4 aromatic rings. The summed E-state index contributed by atoms with van der Waals surface area (Å²) in [6.45, 7) is 4.13. The Bertz CT molecular complexity index is 1140. The lowest BCUT2D eigenvalue weighted by Gasteiger charge is -2.12. The number of nitrogens with one attached hydrogen (secondary N) is 3. The minimum atomic E-state index is 0.608. The predicted molar refractivity (Wildman–Crippen MR) is 114 cm³/mol. The second-order valence-corrected chi connectivity index (χ2v) is 7.31. The average Bonchev–Trinajstić information content (AvgIpc) is 3.37. The van der Waals surface area contributed by atoms with Crippen molar-refractivity contribution in [3.63, 3.8) is 0 Å². The molecule has 0 spiro atoms. The lowest BCUT2D eigenvalue weighted by molar-refractivity contribution is 0.404. The molecule has 0 aliphatic rings. The van der Waals surface area contributed by atoms with Crippen LogP contribution < -0.4 is 19.5 Å². The standard InChI is InChI=1S/C20H21N5O3S/c1-11-7-17(27-4)18(8-12(11)2)29-25-20-13-9-16(26-3)14(10-15(13)28-24-20)22-19-5-6-21-23-19/h5-10H,1-4H3,(H,24,25)(H2,21,22,23). The number of nitrogens with zero attached hydrogens (tertiary/aromatic N) is 2. The summed E-state index contributed by atoms with van der Waals surface area (Å²) in [6.07, 6.45) is 1.67. The molecule has 0 unspecified atom stereocenters. The maximum Gasteiger partial charge on any atom is 0.187 e. The van der Waals surface area contributed by atoms with Gasteiger partial charge in [0, 0.05) is 12.1 Å². The third kappa shape index (κ3) is 3.81. The molecule has 8 nitrogen and oxygen atoms in total. The lowest BCUT2D eigenvalue weighted by Crippen LogP contribution is -1.96. The van der Waals surface area contributed by atoms with Gasteiger partial charge in [-0.15, -0.1) is 0 Å². The molecule has 0 fully saturated rings. The van der Waals surface area contributed by atoms with Crippen LogP contribution in [-0.4, -0.2) is 29.6 Å². The van der Waals surface area contributed by atoms with Gasteiger partial charge in [0.2, 0.25) is 0 Å². The van der Waals surface area contributed by atoms with Gasteiger partial charge in [-0.05, 0) is 55.1 Å². The number of methoxy groups -OCH3 is 2. The fourth-order valence-corrected chi connectivity index (χ4v) is 3.71. The molecule has 2 aromatic carbocycles. The second-order valence-electron chi connectivity index (χ2n) is 6.47. The molecule has 9 heteroatoms. The molecule has 2 heterocycles. The fourth-order valence-electron chi connectivity index (χ4n) is 2.88. The summed E-state index contributed by atoms with van der Waals surface area (Å²) in [5.74, 6) is 2.82. The van der Waals surface area contributed by atoms with Gasteiger partial charge in [0.25, 0.3) is 0 Å². The van der Waals surface area contributed by atoms with E-state index in [9.17, 15) is 0 Å². The summed E-state index contributed by atoms with van der Waals surface area (Å²) in [7, 11) is 3.29. The van der Waals surface area contributed by atoms with E-state index in [1.165, 1.54) is 23.1 Å². The summed E-state index contributed by atoms with van der Waals surface area (Å²) in [5.41, 5.74) is 3.75. The zero-order valence-electron chi connectivity index (χ0n) is 16.5. The normalized spacial score (nSPS) is 10.9. The van der Waals surface area contributed by atoms with Crippen LogP contribution >= 0.6 is 11.9 Å². The Balaban J connectivity index is 1.61. The Morgan fingerprint density at radius 3 is 2.55 bits per heavy atom. The summed E-state index contributed by atoms with van der Waals surface area (Å²) in [4.78, 5) is 0.969. The zero-order valence-corrected chi connectivity index (χ0v) is 17.3. The second kappa shape index (κ2) is 7.96. The van der Waals surface area contributed by atoms with Crippen molar-refractivity contribution in [3.8, 4) is 11.5 Å². The van der Waals surface area contributed by atoms with Crippen molar-refractivity contribution in [1.29, 1.82) is 0 Å². The van der Waals surface area contributed by atoms with E-state index in [0.717, 1.165) is 27.5 Å². The van der Waals surface area contributed by atoms with Crippen molar-refractivity contribution in [3.05, 3.63) is 47.7 Å². The number of rotatable bonds is 7. The molecule has 0 saturated heterocycles. The minimum Gasteiger partial charge on any atom is -0.496 e. The molecule has 0 bridgehead atoms. The van der Waals surface area contributed by atoms with E-state index >= 15 is 0 Å². The Morgan fingerprint density at radius 1 is 1.03 bits per heavy atom. The highest BCUT2D eigenvalue weighted by molar-refractivity contribution is 8.00. The largest absolute Gasteiger partial charge is 0.496 e. The van der Waals surface area contributed by atoms with Crippen LogP contribution in [0, 0.1) is 13.8 Å². The van der Waals surface area contributed by atoms with Crippen LogP contribution in [0.1, 0.15) is 11.1 Å². The highest BCUT2D eigenvalue weighted by Crippen LogP contribution is 2.38. The van der Waals surface area contributed by atoms with Crippen molar-refractivity contribution in [1.82, 2.24) is 15.4 Å². The van der Waals surface area contributed by atoms with E-state index in [4.69, 9.17) is 14.0 Å². The van der Waals surface area contributed by atoms with Crippen molar-refractivity contribution < 1.29 is 14.0 Å². The number of aromatic amines is 1. The molecule has 0 atom stereocenters. The van der Waals surface area contributed by atoms with Gasteiger partial charge >= 0.3 is 0 Å². The van der Waals surface area contributed by atoms with Gasteiger partial charge < -0.3 is 24.0 Å². The average molecular weight is 411 g/mol. The van der Waals surface area contributed by atoms with Gasteiger partial charge in [-0.1, -0.05) is 5.16 Å². The Hall–Kier alpha value is -3.33. The first-order chi connectivity index (χ1) is 14.1. The van der Waals surface area contributed by atoms with E-state index in [2.05, 4.69) is 45.3 Å². The summed E-state index contributed by atoms with van der Waals surface area (Å²) in [6, 6.07) is 9.65. The molecule has 4 rings (SSSR count).